The minimum Gasteiger partial charge on any atom is -0.330 e. The molecule has 1 fully saturated rings. The molecule has 0 atom stereocenters. The Morgan fingerprint density at radius 3 is 2.55 bits per heavy atom. The summed E-state index contributed by atoms with van der Waals surface area (Å²) >= 11 is 6.18. The number of halogens is 2. The van der Waals surface area contributed by atoms with Gasteiger partial charge in [-0.25, -0.2) is 4.39 Å². The zero-order valence-electron chi connectivity index (χ0n) is 12.4. The van der Waals surface area contributed by atoms with Crippen molar-refractivity contribution in [1.29, 1.82) is 0 Å². The summed E-state index contributed by atoms with van der Waals surface area (Å²) in [6, 6.07) is 3.35. The van der Waals surface area contributed by atoms with Crippen molar-refractivity contribution in [2.45, 2.75) is 58.3 Å². The molecule has 0 unspecified atom stereocenters. The first-order valence-electron chi connectivity index (χ1n) is 7.71. The third kappa shape index (κ3) is 3.73. The average molecular weight is 298 g/mol. The van der Waals surface area contributed by atoms with E-state index in [-0.39, 0.29) is 5.82 Å². The minimum atomic E-state index is -0.215. The van der Waals surface area contributed by atoms with Crippen molar-refractivity contribution in [1.82, 2.24) is 0 Å². The molecule has 0 saturated heterocycles. The SMILES string of the molecule is Cc1cc(CCC2(CCN)CCCCC2)c(Cl)cc1F. The first kappa shape index (κ1) is 15.8. The van der Waals surface area contributed by atoms with Crippen LogP contribution in [0.1, 0.15) is 56.1 Å². The highest BCUT2D eigenvalue weighted by atomic mass is 35.5. The summed E-state index contributed by atoms with van der Waals surface area (Å²) in [6.45, 7) is 2.56. The van der Waals surface area contributed by atoms with Crippen LogP contribution in [0.25, 0.3) is 0 Å². The highest BCUT2D eigenvalue weighted by molar-refractivity contribution is 6.31. The molecule has 0 bridgehead atoms. The monoisotopic (exact) mass is 297 g/mol. The lowest BCUT2D eigenvalue weighted by Crippen LogP contribution is -2.28. The molecule has 0 heterocycles. The van der Waals surface area contributed by atoms with Gasteiger partial charge in [0.05, 0.1) is 0 Å². The molecule has 2 rings (SSSR count). The molecule has 1 nitrogen and oxygen atoms in total. The Bertz CT molecular complexity index is 447. The smallest absolute Gasteiger partial charge is 0.127 e. The molecule has 1 aromatic carbocycles. The summed E-state index contributed by atoms with van der Waals surface area (Å²) in [6.07, 6.45) is 9.69. The standard InChI is InChI=1S/C17H25ClFN/c1-13-11-14(15(18)12-16(13)19)5-8-17(9-10-20)6-3-2-4-7-17/h11-12H,2-10,20H2,1H3. The Morgan fingerprint density at radius 1 is 1.20 bits per heavy atom. The fourth-order valence-electron chi connectivity index (χ4n) is 3.54. The van der Waals surface area contributed by atoms with Gasteiger partial charge in [-0.1, -0.05) is 36.9 Å². The van der Waals surface area contributed by atoms with E-state index in [1.165, 1.54) is 38.2 Å². The van der Waals surface area contributed by atoms with Crippen LogP contribution in [0.2, 0.25) is 5.02 Å². The van der Waals surface area contributed by atoms with Crippen molar-refractivity contribution >= 4 is 11.6 Å². The fraction of sp³-hybridized carbons (Fsp3) is 0.647. The van der Waals surface area contributed by atoms with Gasteiger partial charge in [0, 0.05) is 5.02 Å². The molecule has 1 aliphatic rings. The van der Waals surface area contributed by atoms with E-state index in [1.807, 2.05) is 6.07 Å². The van der Waals surface area contributed by atoms with Crippen LogP contribution in [0.5, 0.6) is 0 Å². The van der Waals surface area contributed by atoms with Gasteiger partial charge in [0.25, 0.3) is 0 Å². The number of benzene rings is 1. The number of aryl methyl sites for hydroxylation is 2. The van der Waals surface area contributed by atoms with Crippen molar-refractivity contribution < 1.29 is 4.39 Å². The van der Waals surface area contributed by atoms with E-state index in [0.29, 0.717) is 16.0 Å². The van der Waals surface area contributed by atoms with Crippen LogP contribution in [0.3, 0.4) is 0 Å². The molecule has 0 amide bonds. The molecule has 1 saturated carbocycles. The first-order chi connectivity index (χ1) is 9.56. The molecule has 1 aliphatic carbocycles. The van der Waals surface area contributed by atoms with Crippen molar-refractivity contribution in [3.63, 3.8) is 0 Å². The van der Waals surface area contributed by atoms with Gasteiger partial charge in [-0.15, -0.1) is 0 Å². The first-order valence-corrected chi connectivity index (χ1v) is 8.09. The van der Waals surface area contributed by atoms with Gasteiger partial charge in [0.15, 0.2) is 0 Å². The summed E-state index contributed by atoms with van der Waals surface area (Å²) in [4.78, 5) is 0. The normalized spacial score (nSPS) is 18.2. The van der Waals surface area contributed by atoms with Crippen LogP contribution in [0, 0.1) is 18.2 Å². The molecule has 20 heavy (non-hydrogen) atoms. The average Bonchev–Trinajstić information content (AvgIpc) is 2.43. The second-order valence-corrected chi connectivity index (χ2v) is 6.70. The Balaban J connectivity index is 2.07. The lowest BCUT2D eigenvalue weighted by Gasteiger charge is -2.37. The number of hydrogen-bond donors (Lipinski definition) is 1. The van der Waals surface area contributed by atoms with E-state index in [2.05, 4.69) is 0 Å². The summed E-state index contributed by atoms with van der Waals surface area (Å²) in [5, 5.41) is 0.562. The van der Waals surface area contributed by atoms with Gasteiger partial charge in [0.2, 0.25) is 0 Å². The molecule has 0 spiro atoms. The Morgan fingerprint density at radius 2 is 1.90 bits per heavy atom. The molecular weight excluding hydrogens is 273 g/mol. The van der Waals surface area contributed by atoms with Gasteiger partial charge in [0.1, 0.15) is 5.82 Å². The summed E-state index contributed by atoms with van der Waals surface area (Å²) in [5.74, 6) is -0.215. The van der Waals surface area contributed by atoms with Crippen LogP contribution in [0.4, 0.5) is 4.39 Å². The largest absolute Gasteiger partial charge is 0.330 e. The molecule has 1 aromatic rings. The quantitative estimate of drug-likeness (QED) is 0.811. The lowest BCUT2D eigenvalue weighted by atomic mass is 9.68. The lowest BCUT2D eigenvalue weighted by molar-refractivity contribution is 0.161. The highest BCUT2D eigenvalue weighted by Gasteiger charge is 2.30. The summed E-state index contributed by atoms with van der Waals surface area (Å²) < 4.78 is 13.4. The predicted molar refractivity (Wildman–Crippen MR) is 83.7 cm³/mol. The van der Waals surface area contributed by atoms with Crippen LogP contribution in [0.15, 0.2) is 12.1 Å². The van der Waals surface area contributed by atoms with Crippen molar-refractivity contribution in [2.24, 2.45) is 11.1 Å². The molecule has 2 N–H and O–H groups in total. The molecular formula is C17H25ClFN. The molecule has 112 valence electrons. The van der Waals surface area contributed by atoms with E-state index in [4.69, 9.17) is 17.3 Å². The van der Waals surface area contributed by atoms with Gasteiger partial charge in [-0.05, 0) is 68.2 Å². The Labute approximate surface area is 126 Å². The molecule has 0 radical (unpaired) electrons. The number of rotatable bonds is 5. The van der Waals surface area contributed by atoms with E-state index in [9.17, 15) is 4.39 Å². The highest BCUT2D eigenvalue weighted by Crippen LogP contribution is 2.43. The number of nitrogens with two attached hydrogens (primary N) is 1. The van der Waals surface area contributed by atoms with Crippen molar-refractivity contribution in [2.75, 3.05) is 6.54 Å². The second-order valence-electron chi connectivity index (χ2n) is 6.29. The molecule has 0 aliphatic heterocycles. The minimum absolute atomic E-state index is 0.215. The van der Waals surface area contributed by atoms with Crippen LogP contribution < -0.4 is 5.73 Å². The van der Waals surface area contributed by atoms with Crippen LogP contribution in [-0.4, -0.2) is 6.54 Å². The van der Waals surface area contributed by atoms with Crippen molar-refractivity contribution in [3.05, 3.63) is 34.1 Å². The van der Waals surface area contributed by atoms with Crippen LogP contribution >= 0.6 is 11.6 Å². The molecule has 0 aromatic heterocycles. The zero-order valence-corrected chi connectivity index (χ0v) is 13.1. The maximum Gasteiger partial charge on any atom is 0.127 e. The number of hydrogen-bond acceptors (Lipinski definition) is 1. The van der Waals surface area contributed by atoms with E-state index in [0.717, 1.165) is 31.4 Å². The van der Waals surface area contributed by atoms with Gasteiger partial charge in [-0.2, -0.15) is 0 Å². The maximum atomic E-state index is 13.4. The zero-order chi connectivity index (χ0) is 14.6. The summed E-state index contributed by atoms with van der Waals surface area (Å²) in [7, 11) is 0. The Hall–Kier alpha value is -0.600. The maximum absolute atomic E-state index is 13.4. The van der Waals surface area contributed by atoms with Gasteiger partial charge in [-0.3, -0.25) is 0 Å². The third-order valence-corrected chi connectivity index (χ3v) is 5.19. The van der Waals surface area contributed by atoms with E-state index >= 15 is 0 Å². The van der Waals surface area contributed by atoms with Crippen molar-refractivity contribution in [3.8, 4) is 0 Å². The fourth-order valence-corrected chi connectivity index (χ4v) is 3.79. The van der Waals surface area contributed by atoms with Crippen LogP contribution in [-0.2, 0) is 6.42 Å². The third-order valence-electron chi connectivity index (χ3n) is 4.84. The topological polar surface area (TPSA) is 26.0 Å². The van der Waals surface area contributed by atoms with Gasteiger partial charge < -0.3 is 5.73 Å². The molecule has 3 heteroatoms. The van der Waals surface area contributed by atoms with Gasteiger partial charge >= 0.3 is 0 Å². The second kappa shape index (κ2) is 6.91. The Kier molecular flexibility index (Phi) is 5.45. The van der Waals surface area contributed by atoms with E-state index in [1.54, 1.807) is 6.92 Å². The van der Waals surface area contributed by atoms with E-state index < -0.39 is 0 Å². The predicted octanol–water partition coefficient (Wildman–Crippen LogP) is 5.02. The summed E-state index contributed by atoms with van der Waals surface area (Å²) in [5.41, 5.74) is 7.96.